The highest BCUT2D eigenvalue weighted by atomic mass is 31.2. The number of hydrogen-bond donors (Lipinski definition) is 3. The van der Waals surface area contributed by atoms with Gasteiger partial charge in [-0.15, -0.1) is 0 Å². The highest BCUT2D eigenvalue weighted by Gasteiger charge is 2.30. The normalized spacial score (nSPS) is 14.1. The van der Waals surface area contributed by atoms with Gasteiger partial charge >= 0.3 is 39.5 Å². The van der Waals surface area contributed by atoms with Crippen molar-refractivity contribution in [3.05, 3.63) is 36.5 Å². The van der Waals surface area contributed by atoms with Gasteiger partial charge in [-0.05, 0) is 103 Å². The Morgan fingerprint density at radius 3 is 0.714 bits per heavy atom. The van der Waals surface area contributed by atoms with Crippen LogP contribution in [0, 0.1) is 0 Å². The summed E-state index contributed by atoms with van der Waals surface area (Å²) in [6, 6.07) is 0. The van der Waals surface area contributed by atoms with E-state index in [-0.39, 0.29) is 25.7 Å². The van der Waals surface area contributed by atoms with Crippen LogP contribution in [0.5, 0.6) is 0 Å². The predicted molar refractivity (Wildman–Crippen MR) is 400 cm³/mol. The average Bonchev–Trinajstić information content (AvgIpc) is 0.984. The molecular weight excluding hydrogens is 1280 g/mol. The molecule has 0 rings (SSSR count). The molecule has 0 radical (unpaired) electrons. The minimum absolute atomic E-state index is 0.0946. The Kier molecular flexibility index (Phi) is 70.6. The Morgan fingerprint density at radius 1 is 0.276 bits per heavy atom. The van der Waals surface area contributed by atoms with E-state index in [9.17, 15) is 43.2 Å². The number of carbonyl (C=O) groups excluding carboxylic acids is 4. The van der Waals surface area contributed by atoms with Crippen molar-refractivity contribution in [2.24, 2.45) is 0 Å². The molecule has 576 valence electrons. The van der Waals surface area contributed by atoms with Crippen molar-refractivity contribution in [3.8, 4) is 0 Å². The van der Waals surface area contributed by atoms with Gasteiger partial charge in [-0.1, -0.05) is 295 Å². The van der Waals surface area contributed by atoms with Crippen molar-refractivity contribution in [1.82, 2.24) is 0 Å². The maximum Gasteiger partial charge on any atom is 0.472 e. The SMILES string of the molecule is CCCCCC/C=C\CCCCCCCCCC(=O)O[C@H](COC(=O)CCCCCCC/C=C\CCCCCCCC)COP(=O)(O)OCC(O)COP(=O)(O)OC[C@@H](COC(=O)CCCCCCC/C=C\CCCCCCCC)OC(=O)CCCCCCCCCCCCCCC. The smallest absolute Gasteiger partial charge is 0.462 e. The van der Waals surface area contributed by atoms with Crippen LogP contribution < -0.4 is 0 Å². The summed E-state index contributed by atoms with van der Waals surface area (Å²) in [6.07, 6.45) is 68.3. The van der Waals surface area contributed by atoms with Gasteiger partial charge in [0.05, 0.1) is 26.4 Å². The summed E-state index contributed by atoms with van der Waals surface area (Å²) in [7, 11) is -9.93. The predicted octanol–water partition coefficient (Wildman–Crippen LogP) is 23.1. The van der Waals surface area contributed by atoms with Gasteiger partial charge < -0.3 is 33.8 Å². The van der Waals surface area contributed by atoms with E-state index in [0.29, 0.717) is 25.7 Å². The van der Waals surface area contributed by atoms with E-state index in [1.54, 1.807) is 0 Å². The number of allylic oxidation sites excluding steroid dienone is 6. The number of esters is 4. The van der Waals surface area contributed by atoms with E-state index in [0.717, 1.165) is 154 Å². The first-order valence-electron chi connectivity index (χ1n) is 40.2. The Labute approximate surface area is 598 Å². The monoisotopic (exact) mass is 1430 g/mol. The van der Waals surface area contributed by atoms with Crippen molar-refractivity contribution in [2.45, 2.75) is 406 Å². The number of unbranched alkanes of at least 4 members (excludes halogenated alkanes) is 45. The number of phosphoric acid groups is 2. The number of hydrogen-bond acceptors (Lipinski definition) is 15. The number of aliphatic hydroxyl groups excluding tert-OH is 1. The highest BCUT2D eigenvalue weighted by Crippen LogP contribution is 2.45. The van der Waals surface area contributed by atoms with Crippen molar-refractivity contribution in [1.29, 1.82) is 0 Å². The molecule has 98 heavy (non-hydrogen) atoms. The molecule has 0 aliphatic rings. The van der Waals surface area contributed by atoms with E-state index >= 15 is 0 Å². The first-order chi connectivity index (χ1) is 47.7. The lowest BCUT2D eigenvalue weighted by molar-refractivity contribution is -0.161. The van der Waals surface area contributed by atoms with Crippen LogP contribution in [0.3, 0.4) is 0 Å². The molecule has 0 aromatic rings. The molecule has 0 fully saturated rings. The summed E-state index contributed by atoms with van der Waals surface area (Å²) in [4.78, 5) is 72.9. The molecule has 0 aliphatic carbocycles. The fourth-order valence-corrected chi connectivity index (χ4v) is 13.0. The Hall–Kier alpha value is -2.72. The van der Waals surface area contributed by atoms with Crippen molar-refractivity contribution in [3.63, 3.8) is 0 Å². The Morgan fingerprint density at radius 2 is 0.469 bits per heavy atom. The lowest BCUT2D eigenvalue weighted by Crippen LogP contribution is -2.30. The molecular formula is C79H148O17P2. The van der Waals surface area contributed by atoms with Gasteiger partial charge in [0.2, 0.25) is 0 Å². The second-order valence-corrected chi connectivity index (χ2v) is 30.3. The van der Waals surface area contributed by atoms with Crippen LogP contribution in [0.1, 0.15) is 387 Å². The molecule has 0 aromatic carbocycles. The van der Waals surface area contributed by atoms with Gasteiger partial charge in [0.15, 0.2) is 12.2 Å². The van der Waals surface area contributed by atoms with Gasteiger partial charge in [0.1, 0.15) is 19.3 Å². The largest absolute Gasteiger partial charge is 0.472 e. The van der Waals surface area contributed by atoms with E-state index in [1.807, 2.05) is 0 Å². The van der Waals surface area contributed by atoms with Crippen LogP contribution in [-0.2, 0) is 65.4 Å². The molecule has 0 amide bonds. The summed E-state index contributed by atoms with van der Waals surface area (Å²) in [5.41, 5.74) is 0. The number of carbonyl (C=O) groups is 4. The molecule has 5 atom stereocenters. The first kappa shape index (κ1) is 95.3. The third-order valence-electron chi connectivity index (χ3n) is 17.6. The van der Waals surface area contributed by atoms with E-state index < -0.39 is 97.5 Å². The van der Waals surface area contributed by atoms with Gasteiger partial charge in [-0.25, -0.2) is 9.13 Å². The molecule has 0 saturated carbocycles. The van der Waals surface area contributed by atoms with Crippen LogP contribution >= 0.6 is 15.6 Å². The lowest BCUT2D eigenvalue weighted by atomic mass is 10.0. The summed E-state index contributed by atoms with van der Waals surface area (Å²) in [5, 5.41) is 10.6. The number of ether oxygens (including phenoxy) is 4. The molecule has 0 saturated heterocycles. The zero-order valence-electron chi connectivity index (χ0n) is 63.0. The molecule has 0 aromatic heterocycles. The molecule has 19 heteroatoms. The molecule has 0 bridgehead atoms. The minimum atomic E-state index is -4.97. The Bertz CT molecular complexity index is 2000. The van der Waals surface area contributed by atoms with Crippen LogP contribution in [0.4, 0.5) is 0 Å². The quantitative estimate of drug-likeness (QED) is 0.0169. The third kappa shape index (κ3) is 71.7. The van der Waals surface area contributed by atoms with Gasteiger partial charge in [-0.2, -0.15) is 0 Å². The summed E-state index contributed by atoms with van der Waals surface area (Å²) >= 11 is 0. The van der Waals surface area contributed by atoms with Crippen LogP contribution in [0.2, 0.25) is 0 Å². The summed E-state index contributed by atoms with van der Waals surface area (Å²) in [5.74, 6) is -2.15. The topological polar surface area (TPSA) is 237 Å². The van der Waals surface area contributed by atoms with Crippen molar-refractivity contribution < 1.29 is 80.2 Å². The van der Waals surface area contributed by atoms with Gasteiger partial charge in [0, 0.05) is 25.7 Å². The van der Waals surface area contributed by atoms with Crippen molar-refractivity contribution >= 4 is 39.5 Å². The molecule has 0 aliphatic heterocycles. The second kappa shape index (κ2) is 72.6. The molecule has 3 N–H and O–H groups in total. The third-order valence-corrected chi connectivity index (χ3v) is 19.5. The molecule has 17 nitrogen and oxygen atoms in total. The molecule has 0 spiro atoms. The number of aliphatic hydroxyl groups is 1. The maximum absolute atomic E-state index is 13.1. The Balaban J connectivity index is 5.31. The summed E-state index contributed by atoms with van der Waals surface area (Å²) < 4.78 is 68.6. The average molecular weight is 1430 g/mol. The zero-order chi connectivity index (χ0) is 71.8. The zero-order valence-corrected chi connectivity index (χ0v) is 64.8. The van der Waals surface area contributed by atoms with E-state index in [1.165, 1.54) is 154 Å². The van der Waals surface area contributed by atoms with Crippen LogP contribution in [-0.4, -0.2) is 96.7 Å². The van der Waals surface area contributed by atoms with Gasteiger partial charge in [-0.3, -0.25) is 37.3 Å². The molecule has 3 unspecified atom stereocenters. The standard InChI is InChI=1S/C79H148O17P2/c1-5-9-13-17-21-25-29-33-36-40-43-47-51-55-59-63-76(81)89-69-74(95-78(83)65-61-57-53-49-45-39-32-28-24-20-16-12-8-4)71-93-97(85,86)91-67-73(80)68-92-98(87,88)94-72-75(96-79(84)66-62-58-54-50-46-42-38-35-31-27-23-19-15-11-7-3)70-90-77(82)64-60-56-52-48-44-41-37-34-30-26-22-18-14-10-6-2/h27,31,33-34,36-37,73-75,80H,5-26,28-30,32,35,38-72H2,1-4H3,(H,85,86)(H,87,88)/b31-27-,36-33-,37-34-/t73?,74-,75-/m1/s1. The van der Waals surface area contributed by atoms with Gasteiger partial charge in [0.25, 0.3) is 0 Å². The van der Waals surface area contributed by atoms with Crippen LogP contribution in [0.25, 0.3) is 0 Å². The minimum Gasteiger partial charge on any atom is -0.462 e. The van der Waals surface area contributed by atoms with E-state index in [2.05, 4.69) is 64.2 Å². The fourth-order valence-electron chi connectivity index (χ4n) is 11.4. The second-order valence-electron chi connectivity index (χ2n) is 27.4. The highest BCUT2D eigenvalue weighted by molar-refractivity contribution is 7.47. The van der Waals surface area contributed by atoms with Crippen molar-refractivity contribution in [2.75, 3.05) is 39.6 Å². The lowest BCUT2D eigenvalue weighted by Gasteiger charge is -2.21. The summed E-state index contributed by atoms with van der Waals surface area (Å²) in [6.45, 7) is 4.92. The van der Waals surface area contributed by atoms with Crippen LogP contribution in [0.15, 0.2) is 36.5 Å². The molecule has 0 heterocycles. The maximum atomic E-state index is 13.1. The number of phosphoric ester groups is 2. The van der Waals surface area contributed by atoms with E-state index in [4.69, 9.17) is 37.0 Å². The first-order valence-corrected chi connectivity index (χ1v) is 43.2. The number of rotatable bonds is 77. The fraction of sp³-hybridized carbons (Fsp3) is 0.873.